The second-order valence-electron chi connectivity index (χ2n) is 5.60. The van der Waals surface area contributed by atoms with Gasteiger partial charge in [0.2, 0.25) is 0 Å². The minimum Gasteiger partial charge on any atom is -0.493 e. The number of hydrogen-bond donors (Lipinski definition) is 1. The van der Waals surface area contributed by atoms with Gasteiger partial charge in [0, 0.05) is 13.1 Å². The summed E-state index contributed by atoms with van der Waals surface area (Å²) in [5.74, 6) is -0.0421. The van der Waals surface area contributed by atoms with Crippen LogP contribution in [-0.2, 0) is 4.79 Å². The normalized spacial score (nSPS) is 12.7. The lowest BCUT2D eigenvalue weighted by Gasteiger charge is -2.14. The number of amides is 3. The van der Waals surface area contributed by atoms with Crippen molar-refractivity contribution in [1.29, 1.82) is 0 Å². The van der Waals surface area contributed by atoms with Gasteiger partial charge in [-0.1, -0.05) is 24.3 Å². The van der Waals surface area contributed by atoms with Gasteiger partial charge in [0.05, 0.1) is 18.2 Å². The maximum absolute atomic E-state index is 12.2. The maximum Gasteiger partial charge on any atom is 0.261 e. The molecule has 0 radical (unpaired) electrons. The van der Waals surface area contributed by atoms with E-state index in [0.717, 1.165) is 4.90 Å². The van der Waals surface area contributed by atoms with Gasteiger partial charge in [-0.2, -0.15) is 0 Å². The average Bonchev–Trinajstić information content (AvgIpc) is 2.91. The van der Waals surface area contributed by atoms with Crippen LogP contribution in [0.25, 0.3) is 0 Å². The first kappa shape index (κ1) is 17.5. The third kappa shape index (κ3) is 3.51. The Morgan fingerprint density at radius 2 is 1.54 bits per heavy atom. The molecule has 7 heteroatoms. The summed E-state index contributed by atoms with van der Waals surface area (Å²) in [5, 5.41) is 2.63. The van der Waals surface area contributed by atoms with Crippen LogP contribution in [-0.4, -0.2) is 49.4 Å². The maximum atomic E-state index is 12.2. The third-order valence-electron chi connectivity index (χ3n) is 3.96. The smallest absolute Gasteiger partial charge is 0.261 e. The van der Waals surface area contributed by atoms with Gasteiger partial charge < -0.3 is 14.8 Å². The van der Waals surface area contributed by atoms with Crippen LogP contribution in [0.5, 0.6) is 11.5 Å². The molecule has 0 saturated carbocycles. The monoisotopic (exact) mass is 354 g/mol. The Labute approximate surface area is 150 Å². The van der Waals surface area contributed by atoms with Gasteiger partial charge in [-0.25, -0.2) is 0 Å². The number of nitrogens with zero attached hydrogens (tertiary/aromatic N) is 1. The number of ether oxygens (including phenoxy) is 2. The third-order valence-corrected chi connectivity index (χ3v) is 3.96. The molecule has 1 N–H and O–H groups in total. The molecule has 7 nitrogen and oxygen atoms in total. The standard InChI is InChI=1S/C19H18N2O5/c1-25-15-8-4-5-9-16(15)26-12-17(22)20-10-11-21-18(23)13-6-2-3-7-14(13)19(21)24/h2-9H,10-12H2,1H3,(H,20,22). The number of fused-ring (bicyclic) bond motifs is 1. The van der Waals surface area contributed by atoms with E-state index in [0.29, 0.717) is 22.6 Å². The Morgan fingerprint density at radius 3 is 2.15 bits per heavy atom. The molecule has 0 bridgehead atoms. The molecule has 3 amide bonds. The van der Waals surface area contributed by atoms with Crippen molar-refractivity contribution < 1.29 is 23.9 Å². The summed E-state index contributed by atoms with van der Waals surface area (Å²) in [6.07, 6.45) is 0. The highest BCUT2D eigenvalue weighted by Gasteiger charge is 2.34. The zero-order chi connectivity index (χ0) is 18.5. The number of imide groups is 1. The largest absolute Gasteiger partial charge is 0.493 e. The number of para-hydroxylation sites is 2. The first-order valence-electron chi connectivity index (χ1n) is 8.09. The van der Waals surface area contributed by atoms with Gasteiger partial charge in [-0.15, -0.1) is 0 Å². The van der Waals surface area contributed by atoms with Crippen molar-refractivity contribution in [2.75, 3.05) is 26.8 Å². The van der Waals surface area contributed by atoms with E-state index in [1.54, 1.807) is 48.5 Å². The lowest BCUT2D eigenvalue weighted by atomic mass is 10.1. The SMILES string of the molecule is COc1ccccc1OCC(=O)NCCN1C(=O)c2ccccc2C1=O. The van der Waals surface area contributed by atoms with Gasteiger partial charge in [-0.05, 0) is 24.3 Å². The van der Waals surface area contributed by atoms with Crippen LogP contribution in [0.4, 0.5) is 0 Å². The number of rotatable bonds is 7. The molecule has 2 aromatic carbocycles. The van der Waals surface area contributed by atoms with Crippen LogP contribution in [0.3, 0.4) is 0 Å². The van der Waals surface area contributed by atoms with E-state index >= 15 is 0 Å². The summed E-state index contributed by atoms with van der Waals surface area (Å²) in [4.78, 5) is 37.5. The van der Waals surface area contributed by atoms with Crippen LogP contribution in [0, 0.1) is 0 Å². The summed E-state index contributed by atoms with van der Waals surface area (Å²) in [5.41, 5.74) is 0.784. The predicted molar refractivity (Wildman–Crippen MR) is 93.3 cm³/mol. The Bertz CT molecular complexity index is 814. The molecule has 3 rings (SSSR count). The molecule has 1 aliphatic rings. The van der Waals surface area contributed by atoms with E-state index in [-0.39, 0.29) is 37.4 Å². The first-order chi connectivity index (χ1) is 12.6. The predicted octanol–water partition coefficient (Wildman–Crippen LogP) is 1.49. The molecule has 2 aromatic rings. The molecule has 0 spiro atoms. The number of carbonyl (C=O) groups is 3. The second-order valence-corrected chi connectivity index (χ2v) is 5.60. The van der Waals surface area contributed by atoms with E-state index in [2.05, 4.69) is 5.32 Å². The summed E-state index contributed by atoms with van der Waals surface area (Å²) in [6.45, 7) is 0.0643. The number of benzene rings is 2. The Morgan fingerprint density at radius 1 is 0.962 bits per heavy atom. The van der Waals surface area contributed by atoms with Crippen molar-refractivity contribution in [3.05, 3.63) is 59.7 Å². The molecular formula is C19H18N2O5. The molecule has 26 heavy (non-hydrogen) atoms. The highest BCUT2D eigenvalue weighted by Crippen LogP contribution is 2.25. The first-order valence-corrected chi connectivity index (χ1v) is 8.09. The van der Waals surface area contributed by atoms with Gasteiger partial charge in [0.1, 0.15) is 0 Å². The van der Waals surface area contributed by atoms with E-state index in [9.17, 15) is 14.4 Å². The van der Waals surface area contributed by atoms with Crippen LogP contribution < -0.4 is 14.8 Å². The summed E-state index contributed by atoms with van der Waals surface area (Å²) in [7, 11) is 1.52. The number of methoxy groups -OCH3 is 1. The molecule has 1 aliphatic heterocycles. The fourth-order valence-corrected chi connectivity index (χ4v) is 2.68. The van der Waals surface area contributed by atoms with Crippen LogP contribution in [0.2, 0.25) is 0 Å². The summed E-state index contributed by atoms with van der Waals surface area (Å²) >= 11 is 0. The fraction of sp³-hybridized carbons (Fsp3) is 0.211. The van der Waals surface area contributed by atoms with Crippen molar-refractivity contribution >= 4 is 17.7 Å². The van der Waals surface area contributed by atoms with Gasteiger partial charge >= 0.3 is 0 Å². The number of hydrogen-bond acceptors (Lipinski definition) is 5. The molecule has 0 saturated heterocycles. The average molecular weight is 354 g/mol. The van der Waals surface area contributed by atoms with E-state index in [4.69, 9.17) is 9.47 Å². The van der Waals surface area contributed by atoms with Crippen molar-refractivity contribution in [2.24, 2.45) is 0 Å². The highest BCUT2D eigenvalue weighted by atomic mass is 16.5. The second kappa shape index (κ2) is 7.69. The Balaban J connectivity index is 1.47. The minimum atomic E-state index is -0.354. The topological polar surface area (TPSA) is 84.9 Å². The number of carbonyl (C=O) groups excluding carboxylic acids is 3. The summed E-state index contributed by atoms with van der Waals surface area (Å²) in [6, 6.07) is 13.7. The van der Waals surface area contributed by atoms with Crippen molar-refractivity contribution in [1.82, 2.24) is 10.2 Å². The Kier molecular flexibility index (Phi) is 5.17. The van der Waals surface area contributed by atoms with E-state index in [1.165, 1.54) is 7.11 Å². The molecule has 0 aliphatic carbocycles. The lowest BCUT2D eigenvalue weighted by molar-refractivity contribution is -0.123. The van der Waals surface area contributed by atoms with Crippen molar-refractivity contribution in [3.63, 3.8) is 0 Å². The van der Waals surface area contributed by atoms with Gasteiger partial charge in [-0.3, -0.25) is 19.3 Å². The van der Waals surface area contributed by atoms with Crippen LogP contribution in [0.1, 0.15) is 20.7 Å². The quantitative estimate of drug-likeness (QED) is 0.762. The zero-order valence-corrected chi connectivity index (χ0v) is 14.2. The zero-order valence-electron chi connectivity index (χ0n) is 14.2. The molecule has 0 unspecified atom stereocenters. The van der Waals surface area contributed by atoms with Crippen molar-refractivity contribution in [3.8, 4) is 11.5 Å². The molecular weight excluding hydrogens is 336 g/mol. The lowest BCUT2D eigenvalue weighted by Crippen LogP contribution is -2.39. The fourth-order valence-electron chi connectivity index (χ4n) is 2.68. The molecule has 134 valence electrons. The molecule has 1 heterocycles. The minimum absolute atomic E-state index is 0.104. The van der Waals surface area contributed by atoms with Crippen molar-refractivity contribution in [2.45, 2.75) is 0 Å². The Hall–Kier alpha value is -3.35. The number of nitrogens with one attached hydrogen (secondary N) is 1. The van der Waals surface area contributed by atoms with Gasteiger partial charge in [0.25, 0.3) is 17.7 Å². The molecule has 0 fully saturated rings. The van der Waals surface area contributed by atoms with Gasteiger partial charge in [0.15, 0.2) is 18.1 Å². The summed E-state index contributed by atoms with van der Waals surface area (Å²) < 4.78 is 10.6. The molecule has 0 aromatic heterocycles. The molecule has 0 atom stereocenters. The van der Waals surface area contributed by atoms with E-state index in [1.807, 2.05) is 0 Å². The highest BCUT2D eigenvalue weighted by molar-refractivity contribution is 6.21. The van der Waals surface area contributed by atoms with Crippen LogP contribution in [0.15, 0.2) is 48.5 Å². The van der Waals surface area contributed by atoms with Crippen LogP contribution >= 0.6 is 0 Å². The van der Waals surface area contributed by atoms with E-state index < -0.39 is 0 Å².